The van der Waals surface area contributed by atoms with Crippen molar-refractivity contribution >= 4 is 15.9 Å². The first-order chi connectivity index (χ1) is 7.77. The first-order valence-corrected chi connectivity index (χ1v) is 6.68. The number of nitrogens with zero attached hydrogens (tertiary/aromatic N) is 1. The Morgan fingerprint density at radius 2 is 2.00 bits per heavy atom. The summed E-state index contributed by atoms with van der Waals surface area (Å²) in [6.45, 7) is 5.45. The first-order valence-electron chi connectivity index (χ1n) is 5.89. The molecule has 2 rings (SSSR count). The van der Waals surface area contributed by atoms with Gasteiger partial charge in [-0.2, -0.15) is 0 Å². The molecule has 88 valence electrons. The molecule has 1 unspecified atom stereocenters. The van der Waals surface area contributed by atoms with Crippen molar-refractivity contribution in [3.05, 3.63) is 28.7 Å². The summed E-state index contributed by atoms with van der Waals surface area (Å²) in [5.74, 6) is 0.938. The smallest absolute Gasteiger partial charge is 0.133 e. The van der Waals surface area contributed by atoms with E-state index in [9.17, 15) is 0 Å². The van der Waals surface area contributed by atoms with Crippen LogP contribution in [0.1, 0.15) is 19.8 Å². The fourth-order valence-corrected chi connectivity index (χ4v) is 2.46. The highest BCUT2D eigenvalue weighted by Gasteiger charge is 2.18. The van der Waals surface area contributed by atoms with Gasteiger partial charge in [0.25, 0.3) is 0 Å². The maximum Gasteiger partial charge on any atom is 0.133 e. The van der Waals surface area contributed by atoms with Crippen LogP contribution in [0.2, 0.25) is 0 Å². The molecular weight excluding hydrogens is 266 g/mol. The molecule has 1 fully saturated rings. The van der Waals surface area contributed by atoms with Gasteiger partial charge in [0.05, 0.1) is 4.47 Å². The van der Waals surface area contributed by atoms with Gasteiger partial charge in [-0.05, 0) is 60.9 Å². The number of para-hydroxylation sites is 1. The highest BCUT2D eigenvalue weighted by molar-refractivity contribution is 9.10. The predicted octanol–water partition coefficient (Wildman–Crippen LogP) is 3.31. The Morgan fingerprint density at radius 1 is 1.31 bits per heavy atom. The zero-order valence-electron chi connectivity index (χ0n) is 9.66. The second-order valence-electron chi connectivity index (χ2n) is 4.33. The van der Waals surface area contributed by atoms with Crippen molar-refractivity contribution in [2.45, 2.75) is 25.8 Å². The molecule has 1 saturated heterocycles. The van der Waals surface area contributed by atoms with Crippen LogP contribution >= 0.6 is 15.9 Å². The van der Waals surface area contributed by atoms with Crippen LogP contribution in [-0.2, 0) is 0 Å². The molecule has 1 aliphatic rings. The van der Waals surface area contributed by atoms with Crippen molar-refractivity contribution in [1.29, 1.82) is 0 Å². The Bertz CT molecular complexity index is 336. The predicted molar refractivity (Wildman–Crippen MR) is 69.9 cm³/mol. The van der Waals surface area contributed by atoms with Crippen molar-refractivity contribution in [3.63, 3.8) is 0 Å². The lowest BCUT2D eigenvalue weighted by atomic mass is 10.3. The molecule has 0 amide bonds. The average molecular weight is 284 g/mol. The minimum absolute atomic E-state index is 0.509. The molecule has 2 nitrogen and oxygen atoms in total. The molecule has 3 heteroatoms. The van der Waals surface area contributed by atoms with Crippen LogP contribution in [0.25, 0.3) is 0 Å². The van der Waals surface area contributed by atoms with Crippen LogP contribution in [0, 0.1) is 0 Å². The fraction of sp³-hybridized carbons (Fsp3) is 0.538. The Balaban J connectivity index is 1.84. The second-order valence-corrected chi connectivity index (χ2v) is 5.19. The van der Waals surface area contributed by atoms with E-state index in [1.807, 2.05) is 24.3 Å². The highest BCUT2D eigenvalue weighted by Crippen LogP contribution is 2.24. The van der Waals surface area contributed by atoms with Crippen LogP contribution < -0.4 is 4.74 Å². The molecule has 0 aromatic heterocycles. The van der Waals surface area contributed by atoms with Crippen LogP contribution in [0.3, 0.4) is 0 Å². The van der Waals surface area contributed by atoms with E-state index >= 15 is 0 Å². The molecular formula is C13H18BrNO. The maximum absolute atomic E-state index is 5.82. The topological polar surface area (TPSA) is 12.5 Å². The zero-order chi connectivity index (χ0) is 11.4. The van der Waals surface area contributed by atoms with E-state index in [1.165, 1.54) is 25.9 Å². The van der Waals surface area contributed by atoms with Gasteiger partial charge in [0.1, 0.15) is 12.4 Å². The third kappa shape index (κ3) is 2.98. The monoisotopic (exact) mass is 283 g/mol. The van der Waals surface area contributed by atoms with E-state index in [2.05, 4.69) is 27.8 Å². The highest BCUT2D eigenvalue weighted by atomic mass is 79.9. The van der Waals surface area contributed by atoms with Crippen molar-refractivity contribution in [2.24, 2.45) is 0 Å². The lowest BCUT2D eigenvalue weighted by molar-refractivity contribution is 0.172. The van der Waals surface area contributed by atoms with Crippen LogP contribution in [0.5, 0.6) is 5.75 Å². The number of halogens is 1. The molecule has 0 aliphatic carbocycles. The summed E-state index contributed by atoms with van der Waals surface area (Å²) in [5.41, 5.74) is 0. The molecule has 0 radical (unpaired) electrons. The summed E-state index contributed by atoms with van der Waals surface area (Å²) in [7, 11) is 0. The van der Waals surface area contributed by atoms with Crippen molar-refractivity contribution in [3.8, 4) is 5.75 Å². The normalized spacial score (nSPS) is 18.6. The van der Waals surface area contributed by atoms with E-state index in [4.69, 9.17) is 4.74 Å². The van der Waals surface area contributed by atoms with Gasteiger partial charge in [-0.3, -0.25) is 4.90 Å². The van der Waals surface area contributed by atoms with Crippen LogP contribution in [0.15, 0.2) is 28.7 Å². The minimum atomic E-state index is 0.509. The summed E-state index contributed by atoms with van der Waals surface area (Å²) in [6.07, 6.45) is 2.67. The number of benzene rings is 1. The summed E-state index contributed by atoms with van der Waals surface area (Å²) in [4.78, 5) is 2.50. The van der Waals surface area contributed by atoms with E-state index < -0.39 is 0 Å². The molecule has 1 aromatic carbocycles. The maximum atomic E-state index is 5.82. The number of hydrogen-bond donors (Lipinski definition) is 0. The zero-order valence-corrected chi connectivity index (χ0v) is 11.2. The van der Waals surface area contributed by atoms with Gasteiger partial charge in [0.15, 0.2) is 0 Å². The number of hydrogen-bond acceptors (Lipinski definition) is 2. The Labute approximate surface area is 106 Å². The Hall–Kier alpha value is -0.540. The minimum Gasteiger partial charge on any atom is -0.491 e. The third-order valence-corrected chi connectivity index (χ3v) is 3.74. The van der Waals surface area contributed by atoms with E-state index in [0.717, 1.165) is 16.8 Å². The molecule has 16 heavy (non-hydrogen) atoms. The van der Waals surface area contributed by atoms with E-state index in [1.54, 1.807) is 0 Å². The quantitative estimate of drug-likeness (QED) is 0.841. The summed E-state index contributed by atoms with van der Waals surface area (Å²) < 4.78 is 6.85. The van der Waals surface area contributed by atoms with Gasteiger partial charge in [-0.1, -0.05) is 12.1 Å². The third-order valence-electron chi connectivity index (χ3n) is 3.08. The van der Waals surface area contributed by atoms with E-state index in [0.29, 0.717) is 6.04 Å². The average Bonchev–Trinajstić information content (AvgIpc) is 2.81. The van der Waals surface area contributed by atoms with Gasteiger partial charge >= 0.3 is 0 Å². The number of ether oxygens (including phenoxy) is 1. The molecule has 0 bridgehead atoms. The van der Waals surface area contributed by atoms with Crippen molar-refractivity contribution in [2.75, 3.05) is 19.7 Å². The van der Waals surface area contributed by atoms with Crippen LogP contribution in [0.4, 0.5) is 0 Å². The fourth-order valence-electron chi connectivity index (χ4n) is 2.06. The lowest BCUT2D eigenvalue weighted by Gasteiger charge is -2.23. The van der Waals surface area contributed by atoms with E-state index in [-0.39, 0.29) is 0 Å². The largest absolute Gasteiger partial charge is 0.491 e. The summed E-state index contributed by atoms with van der Waals surface area (Å²) in [6, 6.07) is 8.52. The number of likely N-dealkylation sites (tertiary alicyclic amines) is 1. The van der Waals surface area contributed by atoms with Crippen molar-refractivity contribution < 1.29 is 4.74 Å². The van der Waals surface area contributed by atoms with Gasteiger partial charge in [0.2, 0.25) is 0 Å². The van der Waals surface area contributed by atoms with Crippen molar-refractivity contribution in [1.82, 2.24) is 4.90 Å². The van der Waals surface area contributed by atoms with Crippen LogP contribution in [-0.4, -0.2) is 30.6 Å². The van der Waals surface area contributed by atoms with Gasteiger partial charge in [-0.15, -0.1) is 0 Å². The molecule has 0 N–H and O–H groups in total. The van der Waals surface area contributed by atoms with Gasteiger partial charge < -0.3 is 4.74 Å². The SMILES string of the molecule is CC(COc1ccccc1Br)N1CCCC1. The Kier molecular flexibility index (Phi) is 4.24. The molecule has 1 aliphatic heterocycles. The first kappa shape index (κ1) is 11.9. The second kappa shape index (κ2) is 5.69. The molecule has 1 aromatic rings. The Morgan fingerprint density at radius 3 is 2.69 bits per heavy atom. The molecule has 1 atom stereocenters. The number of rotatable bonds is 4. The summed E-state index contributed by atoms with van der Waals surface area (Å²) >= 11 is 3.49. The van der Waals surface area contributed by atoms with Gasteiger partial charge in [-0.25, -0.2) is 0 Å². The summed E-state index contributed by atoms with van der Waals surface area (Å²) in [5, 5.41) is 0. The standard InChI is InChI=1S/C13H18BrNO/c1-11(15-8-4-5-9-15)10-16-13-7-3-2-6-12(13)14/h2-3,6-7,11H,4-5,8-10H2,1H3. The molecule has 1 heterocycles. The molecule has 0 saturated carbocycles. The molecule has 0 spiro atoms. The lowest BCUT2D eigenvalue weighted by Crippen LogP contribution is -2.34. The van der Waals surface area contributed by atoms with Gasteiger partial charge in [0, 0.05) is 6.04 Å².